The summed E-state index contributed by atoms with van der Waals surface area (Å²) >= 11 is 0.687. The van der Waals surface area contributed by atoms with Gasteiger partial charge in [-0.1, -0.05) is 17.9 Å². The van der Waals surface area contributed by atoms with Crippen molar-refractivity contribution in [3.8, 4) is 0 Å². The van der Waals surface area contributed by atoms with Crippen LogP contribution in [0.5, 0.6) is 0 Å². The number of aliphatic hydroxyl groups excluding tert-OH is 1. The monoisotopic (exact) mass is 873 g/mol. The van der Waals surface area contributed by atoms with Crippen molar-refractivity contribution in [3.63, 3.8) is 0 Å². The molecule has 310 valence electrons. The van der Waals surface area contributed by atoms with Gasteiger partial charge in [0.2, 0.25) is 11.5 Å². The third-order valence-corrected chi connectivity index (χ3v) is 13.4. The first-order valence-corrected chi connectivity index (χ1v) is 23.2. The molecule has 0 radical (unpaired) electrons. The second-order valence-corrected chi connectivity index (χ2v) is 20.4. The van der Waals surface area contributed by atoms with Crippen LogP contribution < -0.4 is 4.90 Å². The van der Waals surface area contributed by atoms with E-state index in [0.29, 0.717) is 76.5 Å². The third kappa shape index (κ3) is 9.70. The van der Waals surface area contributed by atoms with E-state index in [9.17, 15) is 56.4 Å². The average molecular weight is 874 g/mol. The normalized spacial score (nSPS) is 20.8. The number of carboxylic acids is 1. The largest absolute Gasteiger partial charge is 0.506 e. The molecule has 3 aliphatic rings. The van der Waals surface area contributed by atoms with Gasteiger partial charge in [0, 0.05) is 52.4 Å². The lowest BCUT2D eigenvalue weighted by molar-refractivity contribution is -0.432. The number of Topliss-reactive ketones (excluding diaryl/α,β-unsaturated/α-hetero) is 1. The highest BCUT2D eigenvalue weighted by Crippen LogP contribution is 2.53. The van der Waals surface area contributed by atoms with Crippen molar-refractivity contribution < 1.29 is 80.7 Å². The second-order valence-electron chi connectivity index (χ2n) is 14.6. The Morgan fingerprint density at radius 2 is 1.65 bits per heavy atom. The molecular formula is C35H43N2O16P2S2+. The number of hydrogen-bond acceptors (Lipinski definition) is 12. The second kappa shape index (κ2) is 16.6. The van der Waals surface area contributed by atoms with Crippen LogP contribution in [0.1, 0.15) is 64.0 Å². The maximum absolute atomic E-state index is 14.0. The number of carbonyl (C=O) groups excluding carboxylic acids is 1. The van der Waals surface area contributed by atoms with Gasteiger partial charge < -0.3 is 34.7 Å². The van der Waals surface area contributed by atoms with E-state index in [-0.39, 0.29) is 30.7 Å². The summed E-state index contributed by atoms with van der Waals surface area (Å²) < 4.78 is 63.9. The van der Waals surface area contributed by atoms with Gasteiger partial charge in [-0.05, 0) is 75.6 Å². The number of fused-ring (bicyclic) bond motifs is 2. The molecule has 0 saturated carbocycles. The van der Waals surface area contributed by atoms with E-state index in [2.05, 4.69) is 9.37 Å². The number of rotatable bonds is 18. The number of hydrogen-bond donors (Lipinski definition) is 8. The lowest BCUT2D eigenvalue weighted by atomic mass is 9.75. The number of carbonyl (C=O) groups is 2. The number of benzene rings is 2. The fourth-order valence-electron chi connectivity index (χ4n) is 7.50. The molecule has 8 N–H and O–H groups in total. The molecule has 2 heterocycles. The topological polar surface area (TPSA) is 289 Å². The van der Waals surface area contributed by atoms with Crippen molar-refractivity contribution in [3.05, 3.63) is 82.3 Å². The Morgan fingerprint density at radius 3 is 2.25 bits per heavy atom. The van der Waals surface area contributed by atoms with Crippen molar-refractivity contribution in [1.82, 2.24) is 0 Å². The number of unbranched alkanes of at least 4 members (excludes halogenated alkanes) is 2. The van der Waals surface area contributed by atoms with Gasteiger partial charge in [0.1, 0.15) is 11.9 Å². The Hall–Kier alpha value is -3.49. The zero-order valence-corrected chi connectivity index (χ0v) is 34.4. The van der Waals surface area contributed by atoms with Gasteiger partial charge in [-0.15, -0.1) is 4.33 Å². The van der Waals surface area contributed by atoms with Gasteiger partial charge in [-0.25, -0.2) is 5.26 Å². The lowest BCUT2D eigenvalue weighted by Gasteiger charge is -2.32. The van der Waals surface area contributed by atoms with E-state index < -0.39 is 70.9 Å². The molecule has 2 aliphatic heterocycles. The SMILES string of the molecule is CC1(C)C(C=C2C(=O)C(C=C3N(CCP(=O)(O)O)c4ccc(SOOO)cc4[C@@]3(C)CCCCCC(=O)O)=C2O)=[N+](CCP(=O)(O)O)c2ccc(S(=O)(=O)O)cc21. The summed E-state index contributed by atoms with van der Waals surface area (Å²) in [6.07, 6.45) is 3.35. The summed E-state index contributed by atoms with van der Waals surface area (Å²) in [5.41, 5.74) is 0.211. The quantitative estimate of drug-likeness (QED) is 0.0141. The molecule has 18 nitrogen and oxygen atoms in total. The molecule has 0 amide bonds. The predicted octanol–water partition coefficient (Wildman–Crippen LogP) is 5.11. The van der Waals surface area contributed by atoms with E-state index in [1.165, 1.54) is 28.9 Å². The van der Waals surface area contributed by atoms with Crippen LogP contribution in [0.4, 0.5) is 11.4 Å². The summed E-state index contributed by atoms with van der Waals surface area (Å²) in [6.45, 7) is 4.74. The first kappa shape index (κ1) is 44.6. The summed E-state index contributed by atoms with van der Waals surface area (Å²) in [5, 5.41) is 33.1. The van der Waals surface area contributed by atoms with Gasteiger partial charge >= 0.3 is 21.2 Å². The van der Waals surface area contributed by atoms with Gasteiger partial charge in [-0.2, -0.15) is 13.0 Å². The van der Waals surface area contributed by atoms with Crippen LogP contribution in [-0.4, -0.2) is 95.5 Å². The summed E-state index contributed by atoms with van der Waals surface area (Å²) in [7, 11) is -13.7. The number of anilines is 1. The van der Waals surface area contributed by atoms with Crippen LogP contribution in [0, 0.1) is 0 Å². The maximum atomic E-state index is 14.0. The molecule has 1 atom stereocenters. The Balaban J connectivity index is 1.63. The minimum Gasteiger partial charge on any atom is -0.506 e. The summed E-state index contributed by atoms with van der Waals surface area (Å²) in [5.74, 6) is -2.03. The van der Waals surface area contributed by atoms with Crippen molar-refractivity contribution in [2.75, 3.05) is 30.3 Å². The van der Waals surface area contributed by atoms with Crippen LogP contribution in [0.15, 0.2) is 80.9 Å². The Morgan fingerprint density at radius 1 is 0.965 bits per heavy atom. The van der Waals surface area contributed by atoms with Crippen LogP contribution in [0.25, 0.3) is 0 Å². The predicted molar refractivity (Wildman–Crippen MR) is 206 cm³/mol. The van der Waals surface area contributed by atoms with Crippen LogP contribution in [0.2, 0.25) is 0 Å². The van der Waals surface area contributed by atoms with Gasteiger partial charge in [0.05, 0.1) is 39.7 Å². The molecular weight excluding hydrogens is 830 g/mol. The fourth-order valence-corrected chi connectivity index (χ4v) is 9.32. The van der Waals surface area contributed by atoms with E-state index >= 15 is 0 Å². The minimum absolute atomic E-state index is 0.0482. The molecule has 0 saturated heterocycles. The van der Waals surface area contributed by atoms with E-state index in [1.807, 2.05) is 6.92 Å². The first-order valence-electron chi connectivity index (χ1n) is 17.5. The molecule has 0 spiro atoms. The molecule has 0 bridgehead atoms. The van der Waals surface area contributed by atoms with Gasteiger partial charge in [0.15, 0.2) is 12.3 Å². The number of ketones is 1. The van der Waals surface area contributed by atoms with Crippen molar-refractivity contribution >= 4 is 66.2 Å². The van der Waals surface area contributed by atoms with Gasteiger partial charge in [-0.3, -0.25) is 23.3 Å². The highest BCUT2D eigenvalue weighted by Gasteiger charge is 2.49. The number of carboxylic acid groups (broad SMARTS) is 1. The molecule has 57 heavy (non-hydrogen) atoms. The number of aliphatic hydroxyl groups is 1. The molecule has 0 unspecified atom stereocenters. The Kier molecular flexibility index (Phi) is 13.0. The summed E-state index contributed by atoms with van der Waals surface area (Å²) in [6, 6.07) is 8.74. The van der Waals surface area contributed by atoms with Gasteiger partial charge in [0.25, 0.3) is 10.1 Å². The molecule has 5 rings (SSSR count). The molecule has 1 aliphatic carbocycles. The number of aliphatic carboxylic acids is 1. The molecule has 2 aromatic carbocycles. The Labute approximate surface area is 332 Å². The van der Waals surface area contributed by atoms with Crippen LogP contribution >= 0.6 is 27.2 Å². The smallest absolute Gasteiger partial charge is 0.331 e. The summed E-state index contributed by atoms with van der Waals surface area (Å²) in [4.78, 5) is 66.0. The average Bonchev–Trinajstić information content (AvgIpc) is 3.47. The minimum atomic E-state index is -4.63. The zero-order chi connectivity index (χ0) is 42.3. The van der Waals surface area contributed by atoms with E-state index in [4.69, 9.17) is 10.4 Å². The Bertz CT molecular complexity index is 2330. The first-order chi connectivity index (χ1) is 26.4. The zero-order valence-electron chi connectivity index (χ0n) is 30.9. The van der Waals surface area contributed by atoms with Crippen LogP contribution in [-0.2, 0) is 49.0 Å². The maximum Gasteiger partial charge on any atom is 0.331 e. The number of allylic oxidation sites excluding steroid dienone is 5. The van der Waals surface area contributed by atoms with Crippen LogP contribution in [0.3, 0.4) is 0 Å². The molecule has 2 aromatic rings. The van der Waals surface area contributed by atoms with E-state index in [1.54, 1.807) is 36.9 Å². The highest BCUT2D eigenvalue weighted by molar-refractivity contribution is 7.94. The third-order valence-electron chi connectivity index (χ3n) is 10.4. The molecule has 22 heteroatoms. The van der Waals surface area contributed by atoms with Crippen molar-refractivity contribution in [1.29, 1.82) is 0 Å². The standard InChI is InChI=1S/C35H42N2O16P2S2/c1-34(2)25-18-22(57(49,50)51)9-11-27(25)36(13-15-54(43,44)45)29(34)19-23-32(40)24(33(23)41)20-30-35(3,12-6-4-5-7-31(38)39)26-17-21(56-53-52-42)8-10-28(26)37(30)14-16-55(46,47)48/h8-11,17-20H,4-7,12-16H2,1-3H3,(H7-,38,39,40,41,42,43,44,45,46,47,48,49,50,51)/p+1/t35-/m1/s1. The number of nitrogens with zero attached hydrogens (tertiary/aromatic N) is 2. The molecule has 0 fully saturated rings. The van der Waals surface area contributed by atoms with Crippen molar-refractivity contribution in [2.45, 2.75) is 73.5 Å². The van der Waals surface area contributed by atoms with E-state index in [0.717, 1.165) is 6.07 Å². The fraction of sp³-hybridized carbons (Fsp3) is 0.400. The molecule has 0 aromatic heterocycles. The lowest BCUT2D eigenvalue weighted by Crippen LogP contribution is -2.33. The van der Waals surface area contributed by atoms with Crippen molar-refractivity contribution in [2.24, 2.45) is 0 Å². The highest BCUT2D eigenvalue weighted by atomic mass is 32.2.